The molecule has 1 aromatic carbocycles. The Bertz CT molecular complexity index is 1060. The highest BCUT2D eigenvalue weighted by atomic mass is 16.3. The third-order valence-corrected chi connectivity index (χ3v) is 4.08. The molecule has 26 heavy (non-hydrogen) atoms. The zero-order chi connectivity index (χ0) is 18.3. The summed E-state index contributed by atoms with van der Waals surface area (Å²) in [6.07, 6.45) is 7.08. The molecule has 3 heterocycles. The van der Waals surface area contributed by atoms with E-state index in [1.807, 2.05) is 37.5 Å². The van der Waals surface area contributed by atoms with Gasteiger partial charge in [-0.05, 0) is 31.5 Å². The Morgan fingerprint density at radius 2 is 1.92 bits per heavy atom. The fourth-order valence-electron chi connectivity index (χ4n) is 2.71. The molecule has 4 aromatic rings. The first-order valence-corrected chi connectivity index (χ1v) is 8.20. The smallest absolute Gasteiger partial charge is 0.247 e. The molecule has 4 rings (SSSR count). The summed E-state index contributed by atoms with van der Waals surface area (Å²) < 4.78 is 3.41. The molecule has 0 unspecified atom stereocenters. The first-order valence-electron chi connectivity index (χ1n) is 8.20. The second-order valence-electron chi connectivity index (χ2n) is 6.64. The van der Waals surface area contributed by atoms with Gasteiger partial charge >= 0.3 is 0 Å². The van der Waals surface area contributed by atoms with Gasteiger partial charge in [0, 0.05) is 36.9 Å². The second kappa shape index (κ2) is 5.92. The number of aryl methyl sites for hydroxylation is 1. The summed E-state index contributed by atoms with van der Waals surface area (Å²) in [5.74, 6) is 0.471. The minimum atomic E-state index is -0.871. The van der Waals surface area contributed by atoms with Crippen molar-refractivity contribution in [2.45, 2.75) is 19.4 Å². The van der Waals surface area contributed by atoms with Crippen LogP contribution in [0.2, 0.25) is 0 Å². The normalized spacial score (nSPS) is 11.8. The molecule has 0 radical (unpaired) electrons. The molecular formula is C18H19N7O. The average molecular weight is 349 g/mol. The number of aromatic nitrogens is 6. The van der Waals surface area contributed by atoms with Crippen LogP contribution in [0.25, 0.3) is 16.9 Å². The number of benzene rings is 1. The molecule has 132 valence electrons. The second-order valence-corrected chi connectivity index (χ2v) is 6.64. The number of nitrogens with one attached hydrogen (secondary N) is 1. The van der Waals surface area contributed by atoms with E-state index >= 15 is 0 Å². The maximum atomic E-state index is 10.0. The van der Waals surface area contributed by atoms with Crippen LogP contribution in [0.1, 0.15) is 19.4 Å². The standard InChI is InChI=1S/C18H19N7O/c1-18(2,26)13-4-6-14(7-5-13)21-17-22-16-15(12-10-20-24(3)11-12)19-8-9-25(16)23-17/h4-11,26H,1-3H3,(H,21,23). The summed E-state index contributed by atoms with van der Waals surface area (Å²) in [4.78, 5) is 8.97. The number of rotatable bonds is 4. The third-order valence-electron chi connectivity index (χ3n) is 4.08. The van der Waals surface area contributed by atoms with E-state index in [2.05, 4.69) is 25.5 Å². The Hall–Kier alpha value is -3.26. The highest BCUT2D eigenvalue weighted by Crippen LogP contribution is 2.24. The van der Waals surface area contributed by atoms with Gasteiger partial charge in [0.15, 0.2) is 5.65 Å². The predicted octanol–water partition coefficient (Wildman–Crippen LogP) is 2.50. The first kappa shape index (κ1) is 16.2. The number of fused-ring (bicyclic) bond motifs is 1. The van der Waals surface area contributed by atoms with E-state index in [1.54, 1.807) is 41.6 Å². The van der Waals surface area contributed by atoms with Gasteiger partial charge in [-0.3, -0.25) is 9.67 Å². The summed E-state index contributed by atoms with van der Waals surface area (Å²) in [6.45, 7) is 3.51. The molecule has 8 nitrogen and oxygen atoms in total. The molecular weight excluding hydrogens is 330 g/mol. The van der Waals surface area contributed by atoms with Crippen molar-refractivity contribution in [2.75, 3.05) is 5.32 Å². The molecule has 0 aliphatic rings. The largest absolute Gasteiger partial charge is 0.386 e. The molecule has 0 bridgehead atoms. The van der Waals surface area contributed by atoms with E-state index in [0.29, 0.717) is 11.6 Å². The Labute approximate surface area is 150 Å². The van der Waals surface area contributed by atoms with Gasteiger partial charge in [-0.2, -0.15) is 10.1 Å². The zero-order valence-electron chi connectivity index (χ0n) is 14.7. The highest BCUT2D eigenvalue weighted by molar-refractivity contribution is 5.73. The number of nitrogens with zero attached hydrogens (tertiary/aromatic N) is 6. The molecule has 0 amide bonds. The quantitative estimate of drug-likeness (QED) is 0.588. The Balaban J connectivity index is 1.66. The molecule has 0 aliphatic carbocycles. The minimum absolute atomic E-state index is 0.471. The summed E-state index contributed by atoms with van der Waals surface area (Å²) in [7, 11) is 1.86. The number of hydrogen-bond acceptors (Lipinski definition) is 6. The lowest BCUT2D eigenvalue weighted by molar-refractivity contribution is 0.0786. The van der Waals surface area contributed by atoms with Gasteiger partial charge in [0.1, 0.15) is 5.69 Å². The molecule has 8 heteroatoms. The van der Waals surface area contributed by atoms with Crippen molar-refractivity contribution in [2.24, 2.45) is 7.05 Å². The Kier molecular flexibility index (Phi) is 3.69. The fourth-order valence-corrected chi connectivity index (χ4v) is 2.71. The summed E-state index contributed by atoms with van der Waals surface area (Å²) in [5.41, 5.74) is 3.06. The maximum Gasteiger partial charge on any atom is 0.247 e. The predicted molar refractivity (Wildman–Crippen MR) is 98.0 cm³/mol. The van der Waals surface area contributed by atoms with E-state index in [9.17, 15) is 5.11 Å². The van der Waals surface area contributed by atoms with E-state index in [1.165, 1.54) is 0 Å². The van der Waals surface area contributed by atoms with Crippen LogP contribution in [0, 0.1) is 0 Å². The average Bonchev–Trinajstić information content (AvgIpc) is 3.19. The van der Waals surface area contributed by atoms with Gasteiger partial charge in [-0.1, -0.05) is 12.1 Å². The van der Waals surface area contributed by atoms with Crippen molar-refractivity contribution in [1.29, 1.82) is 0 Å². The Morgan fingerprint density at radius 3 is 2.58 bits per heavy atom. The SMILES string of the molecule is Cn1cc(-c2nccn3nc(Nc4ccc(C(C)(C)O)cc4)nc23)cn1. The van der Waals surface area contributed by atoms with Crippen molar-refractivity contribution in [3.8, 4) is 11.3 Å². The van der Waals surface area contributed by atoms with Crippen LogP contribution in [-0.4, -0.2) is 34.5 Å². The van der Waals surface area contributed by atoms with Gasteiger partial charge in [0.05, 0.1) is 11.8 Å². The van der Waals surface area contributed by atoms with Crippen molar-refractivity contribution in [3.63, 3.8) is 0 Å². The molecule has 2 N–H and O–H groups in total. The van der Waals surface area contributed by atoms with Gasteiger partial charge in [0.2, 0.25) is 5.95 Å². The Morgan fingerprint density at radius 1 is 1.15 bits per heavy atom. The molecule has 0 saturated carbocycles. The summed E-state index contributed by atoms with van der Waals surface area (Å²) >= 11 is 0. The van der Waals surface area contributed by atoms with Crippen LogP contribution >= 0.6 is 0 Å². The molecule has 0 saturated heterocycles. The topological polar surface area (TPSA) is 93.2 Å². The van der Waals surface area contributed by atoms with E-state index in [-0.39, 0.29) is 0 Å². The van der Waals surface area contributed by atoms with Crippen LogP contribution in [0.4, 0.5) is 11.6 Å². The van der Waals surface area contributed by atoms with E-state index in [4.69, 9.17) is 0 Å². The minimum Gasteiger partial charge on any atom is -0.386 e. The van der Waals surface area contributed by atoms with Gasteiger partial charge in [-0.25, -0.2) is 4.52 Å². The lowest BCUT2D eigenvalue weighted by Gasteiger charge is -2.17. The third kappa shape index (κ3) is 3.02. The molecule has 0 atom stereocenters. The van der Waals surface area contributed by atoms with Gasteiger partial charge in [-0.15, -0.1) is 5.10 Å². The van der Waals surface area contributed by atoms with Crippen LogP contribution < -0.4 is 5.32 Å². The van der Waals surface area contributed by atoms with Crippen LogP contribution in [0.3, 0.4) is 0 Å². The monoisotopic (exact) mass is 349 g/mol. The molecule has 0 spiro atoms. The molecule has 0 aliphatic heterocycles. The van der Waals surface area contributed by atoms with Crippen molar-refractivity contribution in [3.05, 3.63) is 54.6 Å². The van der Waals surface area contributed by atoms with Crippen molar-refractivity contribution in [1.82, 2.24) is 29.4 Å². The highest BCUT2D eigenvalue weighted by Gasteiger charge is 2.16. The van der Waals surface area contributed by atoms with Crippen LogP contribution in [0.5, 0.6) is 0 Å². The number of hydrogen-bond donors (Lipinski definition) is 2. The zero-order valence-corrected chi connectivity index (χ0v) is 14.7. The number of aliphatic hydroxyl groups is 1. The van der Waals surface area contributed by atoms with E-state index in [0.717, 1.165) is 22.5 Å². The van der Waals surface area contributed by atoms with Gasteiger partial charge < -0.3 is 10.4 Å². The maximum absolute atomic E-state index is 10.0. The number of anilines is 2. The van der Waals surface area contributed by atoms with E-state index < -0.39 is 5.60 Å². The first-order chi connectivity index (χ1) is 12.4. The summed E-state index contributed by atoms with van der Waals surface area (Å²) in [5, 5.41) is 21.9. The van der Waals surface area contributed by atoms with Crippen molar-refractivity contribution >= 4 is 17.3 Å². The molecule has 0 fully saturated rings. The van der Waals surface area contributed by atoms with Crippen molar-refractivity contribution < 1.29 is 5.11 Å². The summed E-state index contributed by atoms with van der Waals surface area (Å²) in [6, 6.07) is 7.53. The molecule has 3 aromatic heterocycles. The lowest BCUT2D eigenvalue weighted by atomic mass is 9.98. The van der Waals surface area contributed by atoms with Crippen LogP contribution in [0.15, 0.2) is 49.1 Å². The lowest BCUT2D eigenvalue weighted by Crippen LogP contribution is -2.15. The fraction of sp³-hybridized carbons (Fsp3) is 0.222. The van der Waals surface area contributed by atoms with Crippen LogP contribution in [-0.2, 0) is 12.6 Å². The van der Waals surface area contributed by atoms with Gasteiger partial charge in [0.25, 0.3) is 0 Å².